The van der Waals surface area contributed by atoms with Gasteiger partial charge in [-0.3, -0.25) is 19.3 Å². The van der Waals surface area contributed by atoms with Crippen LogP contribution >= 0.6 is 0 Å². The quantitative estimate of drug-likeness (QED) is 0.430. The van der Waals surface area contributed by atoms with Gasteiger partial charge >= 0.3 is 0 Å². The summed E-state index contributed by atoms with van der Waals surface area (Å²) in [6, 6.07) is 13.2. The third-order valence-corrected chi connectivity index (χ3v) is 7.28. The first-order chi connectivity index (χ1) is 17.7. The molecule has 0 bridgehead atoms. The molecule has 3 amide bonds. The summed E-state index contributed by atoms with van der Waals surface area (Å²) in [4.78, 5) is 42.2. The van der Waals surface area contributed by atoms with Crippen molar-refractivity contribution in [3.05, 3.63) is 64.7 Å². The van der Waals surface area contributed by atoms with Gasteiger partial charge in [-0.1, -0.05) is 36.1 Å². The normalized spacial score (nSPS) is 26.4. The highest BCUT2D eigenvalue weighted by Gasteiger charge is 2.55. The van der Waals surface area contributed by atoms with Crippen LogP contribution in [-0.2, 0) is 34.0 Å². The molecule has 0 N–H and O–H groups in total. The van der Waals surface area contributed by atoms with E-state index in [-0.39, 0.29) is 13.2 Å². The number of amides is 3. The second kappa shape index (κ2) is 10.1. The molecule has 8 radical (unpaired) electrons. The van der Waals surface area contributed by atoms with Gasteiger partial charge in [0.1, 0.15) is 20.2 Å². The number of morpholine rings is 1. The van der Waals surface area contributed by atoms with Crippen LogP contribution in [0.2, 0.25) is 11.6 Å². The highest BCUT2D eigenvalue weighted by Crippen LogP contribution is 2.44. The Balaban J connectivity index is 1.30. The molecule has 2 aromatic rings. The van der Waals surface area contributed by atoms with E-state index in [1.807, 2.05) is 12.1 Å². The van der Waals surface area contributed by atoms with Crippen LogP contribution in [0.5, 0.6) is 5.75 Å². The number of benzene rings is 2. The third kappa shape index (κ3) is 4.50. The fourth-order valence-electron chi connectivity index (χ4n) is 4.98. The molecule has 0 aliphatic carbocycles. The Hall–Kier alpha value is -2.97. The number of fused-ring (bicyclic) bond motifs is 1. The summed E-state index contributed by atoms with van der Waals surface area (Å²) < 4.78 is 11.5. The minimum absolute atomic E-state index is 0.0481. The molecule has 0 spiro atoms. The Labute approximate surface area is 221 Å². The topological polar surface area (TPSA) is 79.4 Å². The highest BCUT2D eigenvalue weighted by atomic mass is 16.5. The van der Waals surface area contributed by atoms with Gasteiger partial charge in [0.15, 0.2) is 0 Å². The molecule has 2 aromatic carbocycles. The largest absolute Gasteiger partial charge is 0.489 e. The highest BCUT2D eigenvalue weighted by molar-refractivity contribution is 6.47. The maximum absolute atomic E-state index is 13.3. The lowest BCUT2D eigenvalue weighted by Crippen LogP contribution is -2.68. The fraction of sp³-hybridized carbons (Fsp3) is 0.400. The number of imide groups is 1. The lowest BCUT2D eigenvalue weighted by Gasteiger charge is -2.51. The Morgan fingerprint density at radius 1 is 1.00 bits per heavy atom. The van der Waals surface area contributed by atoms with Crippen molar-refractivity contribution in [2.24, 2.45) is 0 Å². The molecular weight excluding hydrogens is 466 g/mol. The molecule has 3 atom stereocenters. The first-order valence-electron chi connectivity index (χ1n) is 12.1. The number of nitrogens with zero attached hydrogens (tertiary/aromatic N) is 3. The van der Waals surface area contributed by atoms with Crippen molar-refractivity contribution in [3.8, 4) is 5.75 Å². The van der Waals surface area contributed by atoms with Gasteiger partial charge < -0.3 is 19.2 Å². The Kier molecular flexibility index (Phi) is 6.98. The second-order valence-electron chi connectivity index (χ2n) is 9.56. The summed E-state index contributed by atoms with van der Waals surface area (Å²) in [5.74, 6) is -4.57. The molecule has 37 heavy (non-hydrogen) atoms. The van der Waals surface area contributed by atoms with Crippen molar-refractivity contribution >= 4 is 49.2 Å². The standard InChI is InChI=1S/C25H23B4N3O5/c26-20-21(27)25(28,24(35)32(29)23(20)34)31-13-18-17(22(31)33)2-1-3-19(18)37-14-16-6-4-15(5-7-16)12-30-8-10-36-11-9-30/h1-7,20-21H,8-14H2. The summed E-state index contributed by atoms with van der Waals surface area (Å²) in [6.45, 7) is 4.46. The fourth-order valence-corrected chi connectivity index (χ4v) is 4.98. The van der Waals surface area contributed by atoms with E-state index in [9.17, 15) is 14.4 Å². The van der Waals surface area contributed by atoms with Crippen LogP contribution in [0, 0.1) is 0 Å². The predicted molar refractivity (Wildman–Crippen MR) is 138 cm³/mol. The minimum atomic E-state index is -2.09. The number of carbonyl (C=O) groups is 3. The van der Waals surface area contributed by atoms with Gasteiger partial charge in [0.05, 0.1) is 40.9 Å². The molecule has 0 saturated carbocycles. The van der Waals surface area contributed by atoms with Crippen LogP contribution in [0.4, 0.5) is 0 Å². The van der Waals surface area contributed by atoms with Crippen molar-refractivity contribution in [3.63, 3.8) is 0 Å². The van der Waals surface area contributed by atoms with Crippen molar-refractivity contribution in [2.45, 2.75) is 36.8 Å². The van der Waals surface area contributed by atoms with E-state index in [4.69, 9.17) is 41.0 Å². The summed E-state index contributed by atoms with van der Waals surface area (Å²) >= 11 is 0. The Bertz CT molecular complexity index is 1220. The number of hydrogen-bond acceptors (Lipinski definition) is 6. The van der Waals surface area contributed by atoms with Crippen LogP contribution in [0.1, 0.15) is 27.0 Å². The summed E-state index contributed by atoms with van der Waals surface area (Å²) in [5.41, 5.74) is 0.978. The van der Waals surface area contributed by atoms with Gasteiger partial charge in [0.25, 0.3) is 5.91 Å². The van der Waals surface area contributed by atoms with Crippen LogP contribution in [0.25, 0.3) is 0 Å². The molecule has 3 heterocycles. The molecule has 3 aliphatic heterocycles. The number of piperidine rings is 1. The minimum Gasteiger partial charge on any atom is -0.489 e. The zero-order chi connectivity index (χ0) is 26.3. The van der Waals surface area contributed by atoms with E-state index >= 15 is 0 Å². The van der Waals surface area contributed by atoms with Gasteiger partial charge in [-0.2, -0.15) is 0 Å². The first-order valence-corrected chi connectivity index (χ1v) is 12.1. The van der Waals surface area contributed by atoms with Gasteiger partial charge in [0.2, 0.25) is 19.8 Å². The summed E-state index contributed by atoms with van der Waals surface area (Å²) in [7, 11) is 24.0. The number of hydrogen-bond donors (Lipinski definition) is 0. The van der Waals surface area contributed by atoms with Gasteiger partial charge in [-0.15, -0.1) is 0 Å². The second-order valence-corrected chi connectivity index (χ2v) is 9.56. The molecule has 5 rings (SSSR count). The predicted octanol–water partition coefficient (Wildman–Crippen LogP) is 0.285. The lowest BCUT2D eigenvalue weighted by atomic mass is 9.48. The SMILES string of the molecule is [B]C1C(=O)N([B])C(=O)C([B])(N2Cc3c(OCc4ccc(CN5CCOCC5)cc4)cccc3C2=O)C1[B]. The summed E-state index contributed by atoms with van der Waals surface area (Å²) in [6.07, 6.45) is 0. The molecule has 3 unspecified atom stereocenters. The third-order valence-electron chi connectivity index (χ3n) is 7.28. The molecular formula is C25H23B4N3O5. The van der Waals surface area contributed by atoms with Crippen molar-refractivity contribution in [2.75, 3.05) is 26.3 Å². The number of ether oxygens (including phenoxy) is 2. The number of carbonyl (C=O) groups excluding carboxylic acids is 3. The van der Waals surface area contributed by atoms with Crippen molar-refractivity contribution in [1.29, 1.82) is 0 Å². The van der Waals surface area contributed by atoms with Crippen LogP contribution in [0.3, 0.4) is 0 Å². The zero-order valence-electron chi connectivity index (χ0n) is 20.3. The van der Waals surface area contributed by atoms with Gasteiger partial charge in [-0.05, 0) is 29.1 Å². The van der Waals surface area contributed by atoms with E-state index in [0.717, 1.165) is 43.3 Å². The van der Waals surface area contributed by atoms with E-state index in [2.05, 4.69) is 17.0 Å². The van der Waals surface area contributed by atoms with Crippen LogP contribution in [0.15, 0.2) is 42.5 Å². The van der Waals surface area contributed by atoms with E-state index in [1.54, 1.807) is 18.2 Å². The molecule has 0 aromatic heterocycles. The molecule has 3 aliphatic rings. The van der Waals surface area contributed by atoms with Crippen molar-refractivity contribution < 1.29 is 23.9 Å². The molecule has 8 nitrogen and oxygen atoms in total. The molecule has 2 fully saturated rings. The average molecular weight is 489 g/mol. The van der Waals surface area contributed by atoms with Crippen molar-refractivity contribution in [1.82, 2.24) is 14.6 Å². The molecule has 180 valence electrons. The molecule has 2 saturated heterocycles. The Morgan fingerprint density at radius 3 is 2.38 bits per heavy atom. The Morgan fingerprint density at radius 2 is 1.68 bits per heavy atom. The van der Waals surface area contributed by atoms with Crippen LogP contribution in [-0.4, -0.2) is 95.6 Å². The van der Waals surface area contributed by atoms with E-state index in [0.29, 0.717) is 21.7 Å². The first kappa shape index (κ1) is 25.7. The zero-order valence-corrected chi connectivity index (χ0v) is 20.3. The maximum atomic E-state index is 13.3. The molecule has 12 heteroatoms. The smallest absolute Gasteiger partial charge is 0.254 e. The van der Waals surface area contributed by atoms with Gasteiger partial charge in [0, 0.05) is 30.8 Å². The number of rotatable bonds is 6. The van der Waals surface area contributed by atoms with E-state index in [1.165, 1.54) is 5.56 Å². The maximum Gasteiger partial charge on any atom is 0.254 e. The monoisotopic (exact) mass is 489 g/mol. The van der Waals surface area contributed by atoms with E-state index < -0.39 is 34.8 Å². The summed E-state index contributed by atoms with van der Waals surface area (Å²) in [5, 5.41) is 0. The average Bonchev–Trinajstić information content (AvgIpc) is 3.27. The van der Waals surface area contributed by atoms with Crippen LogP contribution < -0.4 is 4.74 Å². The van der Waals surface area contributed by atoms with Gasteiger partial charge in [-0.25, -0.2) is 0 Å². The lowest BCUT2D eigenvalue weighted by molar-refractivity contribution is -0.147.